The molecule has 0 unspecified atom stereocenters. The number of nitrogen functional groups attached to an aromatic ring is 1. The molecule has 3 rings (SSSR count). The van der Waals surface area contributed by atoms with Crippen LogP contribution in [0.15, 0.2) is 16.6 Å². The Hall–Kier alpha value is -1.16. The van der Waals surface area contributed by atoms with Crippen LogP contribution in [0, 0.1) is 5.92 Å². The monoisotopic (exact) mass is 316 g/mol. The van der Waals surface area contributed by atoms with E-state index in [1.54, 1.807) is 11.6 Å². The predicted molar refractivity (Wildman–Crippen MR) is 76.0 cm³/mol. The van der Waals surface area contributed by atoms with Crippen molar-refractivity contribution >= 4 is 32.1 Å². The summed E-state index contributed by atoms with van der Waals surface area (Å²) in [6, 6.07) is 0. The van der Waals surface area contributed by atoms with Gasteiger partial charge in [0.1, 0.15) is 0 Å². The molecule has 0 radical (unpaired) electrons. The fraction of sp³-hybridized carbons (Fsp3) is 0.545. The Labute approximate surface area is 120 Å². The van der Waals surface area contributed by atoms with Crippen molar-refractivity contribution in [2.24, 2.45) is 5.92 Å². The number of nitrogens with two attached hydrogens (primary N) is 1. The molecule has 0 amide bonds. The van der Waals surface area contributed by atoms with E-state index in [1.807, 2.05) is 0 Å². The average Bonchev–Trinajstić information content (AvgIpc) is 2.85. The number of imidazole rings is 1. The Morgan fingerprint density at radius 1 is 1.60 bits per heavy atom. The van der Waals surface area contributed by atoms with Gasteiger partial charge in [-0.1, -0.05) is 0 Å². The molecule has 3 N–H and O–H groups in total. The quantitative estimate of drug-likeness (QED) is 0.848. The van der Waals surface area contributed by atoms with Crippen molar-refractivity contribution in [2.75, 3.05) is 19.3 Å². The lowest BCUT2D eigenvalue weighted by Crippen LogP contribution is -2.39. The summed E-state index contributed by atoms with van der Waals surface area (Å²) in [5.41, 5.74) is 5.75. The zero-order valence-corrected chi connectivity index (χ0v) is 12.6. The Kier molecular flexibility index (Phi) is 3.24. The first kappa shape index (κ1) is 13.8. The van der Waals surface area contributed by atoms with Gasteiger partial charge in [-0.05, 0) is 18.8 Å². The molecule has 7 nitrogen and oxygen atoms in total. The van der Waals surface area contributed by atoms with E-state index in [-0.39, 0.29) is 22.9 Å². The molecule has 1 fully saturated rings. The molecule has 0 aromatic carbocycles. The van der Waals surface area contributed by atoms with Crippen molar-refractivity contribution in [3.8, 4) is 0 Å². The van der Waals surface area contributed by atoms with Crippen molar-refractivity contribution in [3.05, 3.63) is 11.6 Å². The maximum absolute atomic E-state index is 12.6. The molecule has 0 saturated heterocycles. The van der Waals surface area contributed by atoms with Crippen LogP contribution in [0.1, 0.15) is 12.8 Å². The fourth-order valence-corrected chi connectivity index (χ4v) is 4.68. The molecule has 110 valence electrons. The molecule has 0 aliphatic heterocycles. The first-order valence-electron chi connectivity index (χ1n) is 6.25. The number of rotatable bonds is 4. The number of aliphatic hydroxyl groups is 1. The van der Waals surface area contributed by atoms with Crippen molar-refractivity contribution < 1.29 is 13.5 Å². The van der Waals surface area contributed by atoms with Crippen LogP contribution in [0.5, 0.6) is 0 Å². The number of aliphatic hydroxyl groups excluding tert-OH is 1. The van der Waals surface area contributed by atoms with Crippen molar-refractivity contribution in [1.29, 1.82) is 0 Å². The molecule has 9 heteroatoms. The minimum atomic E-state index is -3.68. The number of hydrogen-bond acceptors (Lipinski definition) is 6. The molecule has 1 aliphatic carbocycles. The van der Waals surface area contributed by atoms with Crippen LogP contribution >= 0.6 is 11.3 Å². The van der Waals surface area contributed by atoms with E-state index >= 15 is 0 Å². The Bertz CT molecular complexity index is 730. The smallest absolute Gasteiger partial charge is 0.262 e. The number of hydrogen-bond donors (Lipinski definition) is 2. The van der Waals surface area contributed by atoms with Gasteiger partial charge >= 0.3 is 0 Å². The van der Waals surface area contributed by atoms with E-state index in [9.17, 15) is 13.5 Å². The summed E-state index contributed by atoms with van der Waals surface area (Å²) < 4.78 is 28.0. The van der Waals surface area contributed by atoms with Gasteiger partial charge in [-0.25, -0.2) is 13.4 Å². The molecule has 2 aromatic rings. The fourth-order valence-electron chi connectivity index (χ4n) is 2.50. The molecule has 2 heterocycles. The summed E-state index contributed by atoms with van der Waals surface area (Å²) in [6.45, 7) is 0.385. The van der Waals surface area contributed by atoms with Crippen molar-refractivity contribution in [3.63, 3.8) is 0 Å². The summed E-state index contributed by atoms with van der Waals surface area (Å²) in [6.07, 6.45) is 2.65. The highest BCUT2D eigenvalue weighted by molar-refractivity contribution is 7.89. The van der Waals surface area contributed by atoms with Crippen LogP contribution in [-0.4, -0.2) is 46.9 Å². The highest BCUT2D eigenvalue weighted by Crippen LogP contribution is 2.31. The number of anilines is 1. The summed E-state index contributed by atoms with van der Waals surface area (Å²) in [7, 11) is -2.14. The van der Waals surface area contributed by atoms with Gasteiger partial charge in [0, 0.05) is 25.2 Å². The van der Waals surface area contributed by atoms with Crippen LogP contribution in [0.2, 0.25) is 0 Å². The lowest BCUT2D eigenvalue weighted by molar-refractivity contribution is 0.0367. The Balaban J connectivity index is 1.90. The molecule has 1 saturated carbocycles. The molecule has 0 atom stereocenters. The normalized spacial score (nSPS) is 23.4. The Morgan fingerprint density at radius 2 is 2.30 bits per heavy atom. The zero-order valence-electron chi connectivity index (χ0n) is 10.9. The highest BCUT2D eigenvalue weighted by Gasteiger charge is 2.34. The number of aromatic nitrogens is 2. The standard InChI is InChI=1S/C11H16N4O3S2/c1-14(6-7-4-8(16)5-7)20(17,18)10-9(12)13-11-15(10)2-3-19-11/h2-3,7-8,16H,4-6,12H2,1H3. The van der Waals surface area contributed by atoms with E-state index < -0.39 is 10.0 Å². The first-order valence-corrected chi connectivity index (χ1v) is 8.57. The van der Waals surface area contributed by atoms with Gasteiger partial charge < -0.3 is 10.8 Å². The molecule has 20 heavy (non-hydrogen) atoms. The van der Waals surface area contributed by atoms with Crippen LogP contribution < -0.4 is 5.73 Å². The molecular formula is C11H16N4O3S2. The molecule has 0 spiro atoms. The number of nitrogens with zero attached hydrogens (tertiary/aromatic N) is 3. The summed E-state index contributed by atoms with van der Waals surface area (Å²) in [5.74, 6) is 0.231. The molecular weight excluding hydrogens is 300 g/mol. The minimum absolute atomic E-state index is 0.0242. The summed E-state index contributed by atoms with van der Waals surface area (Å²) in [5, 5.41) is 11.1. The van der Waals surface area contributed by atoms with Crippen LogP contribution in [0.4, 0.5) is 5.82 Å². The zero-order chi connectivity index (χ0) is 14.5. The highest BCUT2D eigenvalue weighted by atomic mass is 32.2. The summed E-state index contributed by atoms with van der Waals surface area (Å²) >= 11 is 1.34. The van der Waals surface area contributed by atoms with E-state index in [2.05, 4.69) is 4.98 Å². The second-order valence-electron chi connectivity index (χ2n) is 5.13. The van der Waals surface area contributed by atoms with Crippen molar-refractivity contribution in [1.82, 2.24) is 13.7 Å². The number of sulfonamides is 1. The number of thiazole rings is 1. The molecule has 0 bridgehead atoms. The number of fused-ring (bicyclic) bond motifs is 1. The lowest BCUT2D eigenvalue weighted by Gasteiger charge is -2.33. The predicted octanol–water partition coefficient (Wildman–Crippen LogP) is 0.369. The lowest BCUT2D eigenvalue weighted by atomic mass is 9.82. The average molecular weight is 316 g/mol. The third kappa shape index (κ3) is 2.10. The maximum Gasteiger partial charge on any atom is 0.262 e. The molecule has 2 aromatic heterocycles. The second-order valence-corrected chi connectivity index (χ2v) is 7.97. The van der Waals surface area contributed by atoms with E-state index in [4.69, 9.17) is 5.73 Å². The topological polar surface area (TPSA) is 101 Å². The third-order valence-corrected chi connectivity index (χ3v) is 6.25. The van der Waals surface area contributed by atoms with Crippen LogP contribution in [-0.2, 0) is 10.0 Å². The van der Waals surface area contributed by atoms with E-state index in [0.29, 0.717) is 24.3 Å². The largest absolute Gasteiger partial charge is 0.393 e. The van der Waals surface area contributed by atoms with Crippen molar-refractivity contribution in [2.45, 2.75) is 24.0 Å². The minimum Gasteiger partial charge on any atom is -0.393 e. The van der Waals surface area contributed by atoms with E-state index in [0.717, 1.165) is 0 Å². The van der Waals surface area contributed by atoms with Crippen LogP contribution in [0.3, 0.4) is 0 Å². The van der Waals surface area contributed by atoms with Crippen LogP contribution in [0.25, 0.3) is 4.96 Å². The van der Waals surface area contributed by atoms with E-state index in [1.165, 1.54) is 27.1 Å². The second kappa shape index (κ2) is 4.69. The van der Waals surface area contributed by atoms with Gasteiger partial charge in [-0.3, -0.25) is 4.40 Å². The summed E-state index contributed by atoms with van der Waals surface area (Å²) in [4.78, 5) is 4.62. The first-order chi connectivity index (χ1) is 9.39. The SMILES string of the molecule is CN(CC1CC(O)C1)S(=O)(=O)c1c(N)nc2sccn12. The van der Waals surface area contributed by atoms with Gasteiger partial charge in [0.2, 0.25) is 0 Å². The Morgan fingerprint density at radius 3 is 2.95 bits per heavy atom. The maximum atomic E-state index is 12.6. The van der Waals surface area contributed by atoms with Gasteiger partial charge in [0.05, 0.1) is 6.10 Å². The van der Waals surface area contributed by atoms with Gasteiger partial charge in [-0.15, -0.1) is 11.3 Å². The molecule has 1 aliphatic rings. The van der Waals surface area contributed by atoms with Gasteiger partial charge in [0.25, 0.3) is 10.0 Å². The third-order valence-electron chi connectivity index (χ3n) is 3.62. The van der Waals surface area contributed by atoms with Gasteiger partial charge in [0.15, 0.2) is 15.8 Å². The van der Waals surface area contributed by atoms with Gasteiger partial charge in [-0.2, -0.15) is 4.31 Å².